The predicted molar refractivity (Wildman–Crippen MR) is 128 cm³/mol. The lowest BCUT2D eigenvalue weighted by molar-refractivity contribution is -0.136. The maximum Gasteiger partial charge on any atom is 0.338 e. The number of urea groups is 1. The maximum absolute atomic E-state index is 13.2. The number of ether oxygens (including phenoxy) is 2. The number of nitrogens with one attached hydrogen (secondary N) is 2. The van der Waals surface area contributed by atoms with Gasteiger partial charge in [0.2, 0.25) is 0 Å². The van der Waals surface area contributed by atoms with E-state index in [0.717, 1.165) is 18.8 Å². The second-order valence-corrected chi connectivity index (χ2v) is 8.32. The van der Waals surface area contributed by atoms with Gasteiger partial charge in [-0.2, -0.15) is 0 Å². The van der Waals surface area contributed by atoms with Crippen molar-refractivity contribution in [2.75, 3.05) is 51.3 Å². The number of halogens is 1. The summed E-state index contributed by atoms with van der Waals surface area (Å²) >= 11 is 0. The molecule has 2 aromatic rings. The van der Waals surface area contributed by atoms with Crippen molar-refractivity contribution in [3.8, 4) is 11.5 Å². The Bertz CT molecular complexity index is 1110. The van der Waals surface area contributed by atoms with E-state index in [4.69, 9.17) is 9.47 Å². The van der Waals surface area contributed by atoms with Gasteiger partial charge in [-0.15, -0.1) is 0 Å². The van der Waals surface area contributed by atoms with Crippen molar-refractivity contribution in [2.45, 2.75) is 13.0 Å². The number of esters is 1. The number of methoxy groups -OCH3 is 1. The third-order valence-corrected chi connectivity index (χ3v) is 6.12. The van der Waals surface area contributed by atoms with Crippen LogP contribution in [0.25, 0.3) is 0 Å². The van der Waals surface area contributed by atoms with Crippen molar-refractivity contribution in [1.29, 1.82) is 0 Å². The molecule has 35 heavy (non-hydrogen) atoms. The Morgan fingerprint density at radius 1 is 1.14 bits per heavy atom. The highest BCUT2D eigenvalue weighted by Crippen LogP contribution is 2.34. The van der Waals surface area contributed by atoms with E-state index >= 15 is 0 Å². The molecule has 186 valence electrons. The van der Waals surface area contributed by atoms with Crippen LogP contribution < -0.4 is 20.3 Å². The van der Waals surface area contributed by atoms with Crippen LogP contribution in [0.3, 0.4) is 0 Å². The summed E-state index contributed by atoms with van der Waals surface area (Å²) in [7, 11) is 1.30. The fourth-order valence-corrected chi connectivity index (χ4v) is 4.36. The Morgan fingerprint density at radius 2 is 1.86 bits per heavy atom. The third kappa shape index (κ3) is 5.48. The molecular formula is C25H29FN4O5. The SMILES string of the molecule is CCOc1cc([C@H]2NC(=O)NC(CN3CCN(c4ccc(F)cc4)CC3)=C2C(=O)OC)ccc1O. The van der Waals surface area contributed by atoms with Gasteiger partial charge in [-0.1, -0.05) is 6.07 Å². The van der Waals surface area contributed by atoms with E-state index in [0.29, 0.717) is 43.1 Å². The first-order valence-electron chi connectivity index (χ1n) is 11.5. The molecule has 10 heteroatoms. The van der Waals surface area contributed by atoms with Crippen molar-refractivity contribution >= 4 is 17.7 Å². The summed E-state index contributed by atoms with van der Waals surface area (Å²) in [5, 5.41) is 15.6. The highest BCUT2D eigenvalue weighted by atomic mass is 19.1. The Hall–Kier alpha value is -3.79. The number of nitrogens with zero attached hydrogens (tertiary/aromatic N) is 2. The molecule has 9 nitrogen and oxygen atoms in total. The zero-order valence-electron chi connectivity index (χ0n) is 19.7. The van der Waals surface area contributed by atoms with E-state index in [1.807, 2.05) is 0 Å². The molecule has 2 aliphatic heterocycles. The number of aromatic hydroxyl groups is 1. The molecule has 0 saturated carbocycles. The lowest BCUT2D eigenvalue weighted by Gasteiger charge is -2.38. The summed E-state index contributed by atoms with van der Waals surface area (Å²) < 4.78 is 23.8. The topological polar surface area (TPSA) is 103 Å². The molecule has 2 aromatic carbocycles. The summed E-state index contributed by atoms with van der Waals surface area (Å²) in [6, 6.07) is 9.91. The van der Waals surface area contributed by atoms with Crippen LogP contribution in [0, 0.1) is 5.82 Å². The van der Waals surface area contributed by atoms with Gasteiger partial charge in [0.05, 0.1) is 25.3 Å². The number of hydrogen-bond donors (Lipinski definition) is 3. The van der Waals surface area contributed by atoms with Crippen molar-refractivity contribution in [2.24, 2.45) is 0 Å². The summed E-state index contributed by atoms with van der Waals surface area (Å²) in [6.07, 6.45) is 0. The monoisotopic (exact) mass is 484 g/mol. The van der Waals surface area contributed by atoms with Crippen LogP contribution in [0.4, 0.5) is 14.9 Å². The van der Waals surface area contributed by atoms with Crippen LogP contribution >= 0.6 is 0 Å². The lowest BCUT2D eigenvalue weighted by atomic mass is 9.94. The average molecular weight is 485 g/mol. The summed E-state index contributed by atoms with van der Waals surface area (Å²) in [5.74, 6) is -0.597. The molecule has 0 bridgehead atoms. The van der Waals surface area contributed by atoms with Gasteiger partial charge in [0.25, 0.3) is 0 Å². The van der Waals surface area contributed by atoms with Gasteiger partial charge in [-0.05, 0) is 48.9 Å². The van der Waals surface area contributed by atoms with Gasteiger partial charge in [0.1, 0.15) is 5.82 Å². The zero-order valence-corrected chi connectivity index (χ0v) is 19.7. The number of anilines is 1. The molecular weight excluding hydrogens is 455 g/mol. The molecule has 2 heterocycles. The molecule has 0 unspecified atom stereocenters. The fraction of sp³-hybridized carbons (Fsp3) is 0.360. The number of carbonyl (C=O) groups is 2. The Kier molecular flexibility index (Phi) is 7.40. The minimum atomic E-state index is -0.772. The highest BCUT2D eigenvalue weighted by Gasteiger charge is 2.35. The second-order valence-electron chi connectivity index (χ2n) is 8.32. The first-order chi connectivity index (χ1) is 16.9. The molecule has 0 radical (unpaired) electrons. The van der Waals surface area contributed by atoms with Gasteiger partial charge in [-0.25, -0.2) is 14.0 Å². The summed E-state index contributed by atoms with van der Waals surface area (Å²) in [6.45, 7) is 5.32. The van der Waals surface area contributed by atoms with Crippen molar-refractivity contribution in [3.05, 3.63) is 65.1 Å². The predicted octanol–water partition coefficient (Wildman–Crippen LogP) is 2.53. The number of phenolic OH excluding ortho intramolecular Hbond substituents is 1. The highest BCUT2D eigenvalue weighted by molar-refractivity contribution is 5.95. The number of rotatable bonds is 7. The number of amides is 2. The normalized spacial score (nSPS) is 18.7. The molecule has 2 aliphatic rings. The van der Waals surface area contributed by atoms with Crippen LogP contribution in [-0.4, -0.2) is 68.4 Å². The fourth-order valence-electron chi connectivity index (χ4n) is 4.36. The van der Waals surface area contributed by atoms with Crippen molar-refractivity contribution < 1.29 is 28.6 Å². The van der Waals surface area contributed by atoms with Crippen LogP contribution in [0.5, 0.6) is 11.5 Å². The first kappa shape index (κ1) is 24.3. The van der Waals surface area contributed by atoms with E-state index in [1.165, 1.54) is 25.3 Å². The number of carbonyl (C=O) groups excluding carboxylic acids is 2. The molecule has 0 aliphatic carbocycles. The van der Waals surface area contributed by atoms with Gasteiger partial charge in [0, 0.05) is 44.1 Å². The largest absolute Gasteiger partial charge is 0.504 e. The molecule has 0 aromatic heterocycles. The Morgan fingerprint density at radius 3 is 2.51 bits per heavy atom. The Labute approximate surface area is 203 Å². The van der Waals surface area contributed by atoms with Gasteiger partial charge in [0.15, 0.2) is 11.5 Å². The molecule has 2 amide bonds. The number of benzene rings is 2. The van der Waals surface area contributed by atoms with Crippen molar-refractivity contribution in [3.63, 3.8) is 0 Å². The smallest absolute Gasteiger partial charge is 0.338 e. The quantitative estimate of drug-likeness (QED) is 0.519. The van der Waals surface area contributed by atoms with Gasteiger partial charge < -0.3 is 30.1 Å². The average Bonchev–Trinajstić information content (AvgIpc) is 2.86. The van der Waals surface area contributed by atoms with E-state index < -0.39 is 18.0 Å². The summed E-state index contributed by atoms with van der Waals surface area (Å²) in [4.78, 5) is 29.7. The molecule has 1 fully saturated rings. The molecule has 0 spiro atoms. The molecule has 3 N–H and O–H groups in total. The van der Waals surface area contributed by atoms with E-state index in [2.05, 4.69) is 20.4 Å². The second kappa shape index (κ2) is 10.6. The summed E-state index contributed by atoms with van der Waals surface area (Å²) in [5.41, 5.74) is 2.29. The number of phenols is 1. The van der Waals surface area contributed by atoms with E-state index in [-0.39, 0.29) is 17.3 Å². The minimum Gasteiger partial charge on any atom is -0.504 e. The van der Waals surface area contributed by atoms with Crippen LogP contribution in [0.15, 0.2) is 53.7 Å². The molecule has 4 rings (SSSR count). The van der Waals surface area contributed by atoms with Gasteiger partial charge in [-0.3, -0.25) is 4.90 Å². The standard InChI is InChI=1S/C25H29FN4O5/c1-3-35-21-14-16(4-9-20(21)31)23-22(24(32)34-2)19(27-25(33)28-23)15-29-10-12-30(13-11-29)18-7-5-17(26)6-8-18/h4-9,14,23,31H,3,10-13,15H2,1-2H3,(H2,27,28,33)/t23-/m1/s1. The lowest BCUT2D eigenvalue weighted by Crippen LogP contribution is -2.51. The van der Waals surface area contributed by atoms with Gasteiger partial charge >= 0.3 is 12.0 Å². The third-order valence-electron chi connectivity index (χ3n) is 6.12. The van der Waals surface area contributed by atoms with Crippen LogP contribution in [0.2, 0.25) is 0 Å². The van der Waals surface area contributed by atoms with E-state index in [9.17, 15) is 19.1 Å². The molecule has 1 saturated heterocycles. The van der Waals surface area contributed by atoms with E-state index in [1.54, 1.807) is 31.2 Å². The first-order valence-corrected chi connectivity index (χ1v) is 11.5. The number of hydrogen-bond acceptors (Lipinski definition) is 7. The zero-order chi connectivity index (χ0) is 24.9. The minimum absolute atomic E-state index is 0.0290. The maximum atomic E-state index is 13.2. The van der Waals surface area contributed by atoms with Crippen LogP contribution in [-0.2, 0) is 9.53 Å². The number of piperazine rings is 1. The van der Waals surface area contributed by atoms with Crippen molar-refractivity contribution in [1.82, 2.24) is 15.5 Å². The molecule has 1 atom stereocenters. The Balaban J connectivity index is 1.56. The van der Waals surface area contributed by atoms with Crippen LogP contribution in [0.1, 0.15) is 18.5 Å².